The number of anilines is 2. The standard InChI is InChI=1S/C20H20FN5O3S/c1-29-17-8-7-14(21)11-18(17)30(27,28)26-10-4-5-16(26)15-12-22-13-20(24-15)25-19-6-2-3-9-23-19/h2-3,6-9,11-13,16H,4-5,10H2,1H3,(H,23,24,25). The average Bonchev–Trinajstić information content (AvgIpc) is 3.26. The fraction of sp³-hybridized carbons (Fsp3) is 0.250. The van der Waals surface area contributed by atoms with Crippen LogP contribution in [-0.2, 0) is 10.0 Å². The van der Waals surface area contributed by atoms with Crippen LogP contribution in [0, 0.1) is 5.82 Å². The summed E-state index contributed by atoms with van der Waals surface area (Å²) in [6, 6.07) is 8.37. The Morgan fingerprint density at radius 2 is 2.07 bits per heavy atom. The Labute approximate surface area is 173 Å². The van der Waals surface area contributed by atoms with Crippen LogP contribution in [0.25, 0.3) is 0 Å². The van der Waals surface area contributed by atoms with Crippen LogP contribution in [0.2, 0.25) is 0 Å². The van der Waals surface area contributed by atoms with Crippen LogP contribution in [0.5, 0.6) is 5.75 Å². The van der Waals surface area contributed by atoms with Crippen LogP contribution >= 0.6 is 0 Å². The van der Waals surface area contributed by atoms with E-state index in [2.05, 4.69) is 20.3 Å². The third kappa shape index (κ3) is 3.96. The second-order valence-electron chi connectivity index (χ2n) is 6.74. The van der Waals surface area contributed by atoms with Gasteiger partial charge in [-0.1, -0.05) is 6.07 Å². The van der Waals surface area contributed by atoms with Gasteiger partial charge in [0.25, 0.3) is 0 Å². The Balaban J connectivity index is 1.66. The van der Waals surface area contributed by atoms with Gasteiger partial charge < -0.3 is 10.1 Å². The van der Waals surface area contributed by atoms with Crippen molar-refractivity contribution in [2.45, 2.75) is 23.8 Å². The number of aromatic nitrogens is 3. The van der Waals surface area contributed by atoms with Gasteiger partial charge in [-0.25, -0.2) is 22.8 Å². The molecule has 8 nitrogen and oxygen atoms in total. The molecule has 1 atom stereocenters. The van der Waals surface area contributed by atoms with Gasteiger partial charge in [0.15, 0.2) is 0 Å². The van der Waals surface area contributed by atoms with E-state index >= 15 is 0 Å². The van der Waals surface area contributed by atoms with Crippen molar-refractivity contribution in [2.75, 3.05) is 19.0 Å². The minimum absolute atomic E-state index is 0.0960. The smallest absolute Gasteiger partial charge is 0.247 e. The first-order valence-electron chi connectivity index (χ1n) is 9.34. The van der Waals surface area contributed by atoms with E-state index in [1.807, 2.05) is 6.07 Å². The van der Waals surface area contributed by atoms with Crippen molar-refractivity contribution in [3.63, 3.8) is 0 Å². The van der Waals surface area contributed by atoms with Gasteiger partial charge in [0.05, 0.1) is 31.2 Å². The molecular formula is C20H20FN5O3S. The van der Waals surface area contributed by atoms with Gasteiger partial charge in [0.1, 0.15) is 28.1 Å². The summed E-state index contributed by atoms with van der Waals surface area (Å²) in [6.45, 7) is 0.298. The highest BCUT2D eigenvalue weighted by molar-refractivity contribution is 7.89. The molecule has 2 aromatic heterocycles. The number of sulfonamides is 1. The number of halogens is 1. The topological polar surface area (TPSA) is 97.3 Å². The number of pyridine rings is 1. The van der Waals surface area contributed by atoms with Gasteiger partial charge in [-0.2, -0.15) is 4.31 Å². The highest BCUT2D eigenvalue weighted by Gasteiger charge is 2.38. The third-order valence-corrected chi connectivity index (χ3v) is 6.76. The van der Waals surface area contributed by atoms with E-state index in [4.69, 9.17) is 4.74 Å². The predicted molar refractivity (Wildman–Crippen MR) is 108 cm³/mol. The molecule has 1 saturated heterocycles. The fourth-order valence-corrected chi connectivity index (χ4v) is 5.31. The molecule has 0 radical (unpaired) electrons. The summed E-state index contributed by atoms with van der Waals surface area (Å²) in [5.74, 6) is 0.508. The number of nitrogens with zero attached hydrogens (tertiary/aromatic N) is 4. The second kappa shape index (κ2) is 8.33. The molecule has 1 aliphatic rings. The minimum atomic E-state index is -4.01. The number of hydrogen-bond acceptors (Lipinski definition) is 7. The van der Waals surface area contributed by atoms with Crippen molar-refractivity contribution < 1.29 is 17.5 Å². The van der Waals surface area contributed by atoms with Gasteiger partial charge >= 0.3 is 0 Å². The summed E-state index contributed by atoms with van der Waals surface area (Å²) in [6.07, 6.45) is 5.98. The van der Waals surface area contributed by atoms with Gasteiger partial charge in [-0.05, 0) is 43.2 Å². The van der Waals surface area contributed by atoms with Gasteiger partial charge in [-0.15, -0.1) is 0 Å². The first-order chi connectivity index (χ1) is 14.5. The number of rotatable bonds is 6. The van der Waals surface area contributed by atoms with E-state index in [-0.39, 0.29) is 10.6 Å². The quantitative estimate of drug-likeness (QED) is 0.642. The van der Waals surface area contributed by atoms with E-state index in [1.165, 1.54) is 17.5 Å². The number of methoxy groups -OCH3 is 1. The predicted octanol–water partition coefficient (Wildman–Crippen LogP) is 3.29. The van der Waals surface area contributed by atoms with Crippen molar-refractivity contribution in [3.8, 4) is 5.75 Å². The molecular weight excluding hydrogens is 409 g/mol. The molecule has 1 aliphatic heterocycles. The van der Waals surface area contributed by atoms with E-state index in [0.717, 1.165) is 12.1 Å². The van der Waals surface area contributed by atoms with Crippen LogP contribution in [0.4, 0.5) is 16.0 Å². The molecule has 1 unspecified atom stereocenters. The number of nitrogens with one attached hydrogen (secondary N) is 1. The van der Waals surface area contributed by atoms with E-state index in [0.29, 0.717) is 36.7 Å². The SMILES string of the molecule is COc1ccc(F)cc1S(=O)(=O)N1CCCC1c1cncc(Nc2ccccn2)n1. The van der Waals surface area contributed by atoms with Crippen LogP contribution in [-0.4, -0.2) is 41.3 Å². The average molecular weight is 429 g/mol. The maximum absolute atomic E-state index is 13.8. The molecule has 10 heteroatoms. The highest BCUT2D eigenvalue weighted by Crippen LogP contribution is 2.38. The second-order valence-corrected chi connectivity index (χ2v) is 8.60. The lowest BCUT2D eigenvalue weighted by Crippen LogP contribution is -2.31. The molecule has 0 aliphatic carbocycles. The summed E-state index contributed by atoms with van der Waals surface area (Å²) in [5, 5.41) is 3.06. The first kappa shape index (κ1) is 20.2. The zero-order valence-corrected chi connectivity index (χ0v) is 17.0. The molecule has 0 amide bonds. The molecule has 3 heterocycles. The molecule has 156 valence electrons. The Bertz CT molecular complexity index is 1140. The van der Waals surface area contributed by atoms with Crippen molar-refractivity contribution in [1.29, 1.82) is 0 Å². The Morgan fingerprint density at radius 1 is 1.20 bits per heavy atom. The maximum Gasteiger partial charge on any atom is 0.247 e. The number of ether oxygens (including phenoxy) is 1. The molecule has 3 aromatic rings. The fourth-order valence-electron chi connectivity index (χ4n) is 3.47. The van der Waals surface area contributed by atoms with Gasteiger partial charge in [0, 0.05) is 12.7 Å². The van der Waals surface area contributed by atoms with Crippen LogP contribution in [0.3, 0.4) is 0 Å². The van der Waals surface area contributed by atoms with Crippen LogP contribution in [0.15, 0.2) is 59.9 Å². The van der Waals surface area contributed by atoms with E-state index in [1.54, 1.807) is 30.7 Å². The zero-order chi connectivity index (χ0) is 21.1. The number of benzene rings is 1. The molecule has 0 spiro atoms. The Hall–Kier alpha value is -3.11. The van der Waals surface area contributed by atoms with Crippen molar-refractivity contribution in [1.82, 2.24) is 19.3 Å². The summed E-state index contributed by atoms with van der Waals surface area (Å²) < 4.78 is 47.0. The highest BCUT2D eigenvalue weighted by atomic mass is 32.2. The minimum Gasteiger partial charge on any atom is -0.495 e. The first-order valence-corrected chi connectivity index (χ1v) is 10.8. The largest absolute Gasteiger partial charge is 0.495 e. The van der Waals surface area contributed by atoms with Crippen LogP contribution < -0.4 is 10.1 Å². The lowest BCUT2D eigenvalue weighted by Gasteiger charge is -2.24. The van der Waals surface area contributed by atoms with Gasteiger partial charge in [0.2, 0.25) is 10.0 Å². The van der Waals surface area contributed by atoms with Crippen molar-refractivity contribution >= 4 is 21.7 Å². The molecule has 4 rings (SSSR count). The normalized spacial score (nSPS) is 17.1. The van der Waals surface area contributed by atoms with Crippen molar-refractivity contribution in [3.05, 3.63) is 66.5 Å². The number of hydrogen-bond donors (Lipinski definition) is 1. The molecule has 0 bridgehead atoms. The molecule has 30 heavy (non-hydrogen) atoms. The lowest BCUT2D eigenvalue weighted by atomic mass is 10.2. The van der Waals surface area contributed by atoms with Gasteiger partial charge in [-0.3, -0.25) is 4.98 Å². The van der Waals surface area contributed by atoms with E-state index < -0.39 is 21.9 Å². The third-order valence-electron chi connectivity index (χ3n) is 4.83. The van der Waals surface area contributed by atoms with Crippen LogP contribution in [0.1, 0.15) is 24.6 Å². The zero-order valence-electron chi connectivity index (χ0n) is 16.2. The molecule has 1 fully saturated rings. The van der Waals surface area contributed by atoms with E-state index in [9.17, 15) is 12.8 Å². The molecule has 0 saturated carbocycles. The summed E-state index contributed by atoms with van der Waals surface area (Å²) in [7, 11) is -2.65. The lowest BCUT2D eigenvalue weighted by molar-refractivity contribution is 0.376. The Morgan fingerprint density at radius 3 is 2.83 bits per heavy atom. The molecule has 1 aromatic carbocycles. The summed E-state index contributed by atoms with van der Waals surface area (Å²) in [5.41, 5.74) is 0.507. The Kier molecular flexibility index (Phi) is 5.60. The molecule has 1 N–H and O–H groups in total. The summed E-state index contributed by atoms with van der Waals surface area (Å²) in [4.78, 5) is 12.7. The maximum atomic E-state index is 13.8. The van der Waals surface area contributed by atoms with Crippen molar-refractivity contribution in [2.24, 2.45) is 0 Å². The summed E-state index contributed by atoms with van der Waals surface area (Å²) >= 11 is 0. The monoisotopic (exact) mass is 429 g/mol.